The molecule has 16 heavy (non-hydrogen) atoms. The lowest BCUT2D eigenvalue weighted by Gasteiger charge is -2.23. The maximum Gasteiger partial charge on any atom is 0.114 e. The fourth-order valence-electron chi connectivity index (χ4n) is 2.26. The van der Waals surface area contributed by atoms with Crippen LogP contribution in [0.15, 0.2) is 24.3 Å². The van der Waals surface area contributed by atoms with Crippen LogP contribution < -0.4 is 5.32 Å². The Labute approximate surface area is 97.3 Å². The van der Waals surface area contributed by atoms with E-state index in [1.807, 2.05) is 0 Å². The van der Waals surface area contributed by atoms with E-state index >= 15 is 0 Å². The highest BCUT2D eigenvalue weighted by molar-refractivity contribution is 5.39. The molecule has 0 saturated carbocycles. The van der Waals surface area contributed by atoms with Gasteiger partial charge in [-0.3, -0.25) is 5.32 Å². The van der Waals surface area contributed by atoms with Crippen molar-refractivity contribution in [1.82, 2.24) is 5.32 Å². The maximum absolute atomic E-state index is 9.39. The van der Waals surface area contributed by atoms with Gasteiger partial charge in [0, 0.05) is 12.8 Å². The minimum atomic E-state index is -0.367. The number of nitriles is 1. The molecule has 0 aliphatic heterocycles. The van der Waals surface area contributed by atoms with E-state index < -0.39 is 0 Å². The Morgan fingerprint density at radius 3 is 2.31 bits per heavy atom. The van der Waals surface area contributed by atoms with Crippen LogP contribution in [-0.4, -0.2) is 12.1 Å². The molecule has 2 heteroatoms. The van der Waals surface area contributed by atoms with Crippen molar-refractivity contribution in [3.05, 3.63) is 35.4 Å². The molecule has 0 amide bonds. The lowest BCUT2D eigenvalue weighted by molar-refractivity contribution is 0.398. The molecule has 0 atom stereocenters. The first kappa shape index (κ1) is 11.2. The minimum absolute atomic E-state index is 0.367. The highest BCUT2D eigenvalue weighted by Gasteiger charge is 2.36. The van der Waals surface area contributed by atoms with Gasteiger partial charge in [-0.05, 0) is 23.6 Å². The summed E-state index contributed by atoms with van der Waals surface area (Å²) in [5, 5.41) is 12.8. The molecule has 1 aromatic carbocycles. The van der Waals surface area contributed by atoms with Gasteiger partial charge in [-0.25, -0.2) is 0 Å². The van der Waals surface area contributed by atoms with Crippen LogP contribution in [0.5, 0.6) is 0 Å². The van der Waals surface area contributed by atoms with E-state index in [4.69, 9.17) is 0 Å². The second-order valence-electron chi connectivity index (χ2n) is 5.09. The molecular formula is C14H18N2. The zero-order valence-electron chi connectivity index (χ0n) is 9.96. The first-order chi connectivity index (χ1) is 7.65. The summed E-state index contributed by atoms with van der Waals surface area (Å²) in [6.07, 6.45) is 1.68. The number of hydrogen-bond donors (Lipinski definition) is 1. The molecule has 0 saturated heterocycles. The normalized spacial score (nSPS) is 17.1. The predicted octanol–water partition coefficient (Wildman–Crippen LogP) is 2.29. The third kappa shape index (κ3) is 2.10. The summed E-state index contributed by atoms with van der Waals surface area (Å²) < 4.78 is 0. The fraction of sp³-hybridized carbons (Fsp3) is 0.500. The summed E-state index contributed by atoms with van der Waals surface area (Å²) in [4.78, 5) is 0. The highest BCUT2D eigenvalue weighted by Crippen LogP contribution is 2.29. The molecule has 0 spiro atoms. The van der Waals surface area contributed by atoms with Gasteiger partial charge in [-0.1, -0.05) is 38.1 Å². The Bertz CT molecular complexity index is 390. The van der Waals surface area contributed by atoms with Crippen LogP contribution in [0.3, 0.4) is 0 Å². The van der Waals surface area contributed by atoms with Crippen molar-refractivity contribution >= 4 is 0 Å². The highest BCUT2D eigenvalue weighted by atomic mass is 15.0. The Hall–Kier alpha value is -1.33. The number of fused-ring (bicyclic) bond motifs is 1. The van der Waals surface area contributed by atoms with Crippen LogP contribution in [0.2, 0.25) is 0 Å². The van der Waals surface area contributed by atoms with E-state index in [-0.39, 0.29) is 5.54 Å². The van der Waals surface area contributed by atoms with E-state index in [1.54, 1.807) is 0 Å². The van der Waals surface area contributed by atoms with Crippen molar-refractivity contribution < 1.29 is 0 Å². The molecule has 1 aliphatic rings. The maximum atomic E-state index is 9.39. The lowest BCUT2D eigenvalue weighted by Crippen LogP contribution is -2.46. The van der Waals surface area contributed by atoms with Crippen LogP contribution in [-0.2, 0) is 12.8 Å². The molecule has 0 fully saturated rings. The summed E-state index contributed by atoms with van der Waals surface area (Å²) in [5.41, 5.74) is 2.27. The zero-order valence-corrected chi connectivity index (χ0v) is 9.96. The number of hydrogen-bond acceptors (Lipinski definition) is 2. The summed E-state index contributed by atoms with van der Waals surface area (Å²) in [6.45, 7) is 5.24. The van der Waals surface area contributed by atoms with Crippen molar-refractivity contribution in [3.63, 3.8) is 0 Å². The van der Waals surface area contributed by atoms with E-state index in [0.717, 1.165) is 19.4 Å². The van der Waals surface area contributed by atoms with Crippen LogP contribution in [0.1, 0.15) is 25.0 Å². The first-order valence-corrected chi connectivity index (χ1v) is 5.88. The van der Waals surface area contributed by atoms with Gasteiger partial charge in [-0.2, -0.15) is 5.26 Å². The molecule has 0 bridgehead atoms. The van der Waals surface area contributed by atoms with Crippen molar-refractivity contribution in [3.8, 4) is 6.07 Å². The van der Waals surface area contributed by atoms with Gasteiger partial charge in [0.05, 0.1) is 6.07 Å². The molecular weight excluding hydrogens is 196 g/mol. The largest absolute Gasteiger partial charge is 0.299 e. The van der Waals surface area contributed by atoms with Gasteiger partial charge >= 0.3 is 0 Å². The Morgan fingerprint density at radius 1 is 1.31 bits per heavy atom. The fourth-order valence-corrected chi connectivity index (χ4v) is 2.26. The Morgan fingerprint density at radius 2 is 1.88 bits per heavy atom. The number of rotatable bonds is 3. The summed E-state index contributed by atoms with van der Waals surface area (Å²) >= 11 is 0. The molecule has 2 rings (SSSR count). The van der Waals surface area contributed by atoms with Gasteiger partial charge in [0.2, 0.25) is 0 Å². The van der Waals surface area contributed by atoms with Crippen LogP contribution >= 0.6 is 0 Å². The monoisotopic (exact) mass is 214 g/mol. The Kier molecular flexibility index (Phi) is 2.98. The van der Waals surface area contributed by atoms with Crippen molar-refractivity contribution in [2.24, 2.45) is 5.92 Å². The summed E-state index contributed by atoms with van der Waals surface area (Å²) in [7, 11) is 0. The van der Waals surface area contributed by atoms with Gasteiger partial charge in [-0.15, -0.1) is 0 Å². The molecule has 0 unspecified atom stereocenters. The molecule has 1 N–H and O–H groups in total. The minimum Gasteiger partial charge on any atom is -0.299 e. The van der Waals surface area contributed by atoms with Crippen LogP contribution in [0, 0.1) is 17.2 Å². The molecule has 1 aromatic rings. The molecule has 0 aromatic heterocycles. The van der Waals surface area contributed by atoms with E-state index in [1.165, 1.54) is 11.1 Å². The third-order valence-electron chi connectivity index (χ3n) is 3.17. The first-order valence-electron chi connectivity index (χ1n) is 5.88. The smallest absolute Gasteiger partial charge is 0.114 e. The summed E-state index contributed by atoms with van der Waals surface area (Å²) in [6, 6.07) is 10.8. The molecule has 0 radical (unpaired) electrons. The second-order valence-corrected chi connectivity index (χ2v) is 5.09. The lowest BCUT2D eigenvalue weighted by atomic mass is 9.97. The van der Waals surface area contributed by atoms with Gasteiger partial charge in [0.15, 0.2) is 0 Å². The van der Waals surface area contributed by atoms with Gasteiger partial charge in [0.1, 0.15) is 5.54 Å². The average molecular weight is 214 g/mol. The molecule has 2 nitrogen and oxygen atoms in total. The van der Waals surface area contributed by atoms with E-state index in [0.29, 0.717) is 5.92 Å². The second kappa shape index (κ2) is 4.27. The van der Waals surface area contributed by atoms with E-state index in [9.17, 15) is 5.26 Å². The number of nitrogens with zero attached hydrogens (tertiary/aromatic N) is 1. The van der Waals surface area contributed by atoms with Gasteiger partial charge in [0.25, 0.3) is 0 Å². The topological polar surface area (TPSA) is 35.8 Å². The standard InChI is InChI=1S/C14H18N2/c1-11(2)9-16-14(10-15)7-12-5-3-4-6-13(12)8-14/h3-6,11,16H,7-9H2,1-2H3. The van der Waals surface area contributed by atoms with Crippen LogP contribution in [0.4, 0.5) is 0 Å². The van der Waals surface area contributed by atoms with Crippen LogP contribution in [0.25, 0.3) is 0 Å². The average Bonchev–Trinajstić information content (AvgIpc) is 2.65. The SMILES string of the molecule is CC(C)CNC1(C#N)Cc2ccccc2C1. The van der Waals surface area contributed by atoms with E-state index in [2.05, 4.69) is 49.5 Å². The zero-order chi connectivity index (χ0) is 11.6. The number of nitrogens with one attached hydrogen (secondary N) is 1. The predicted molar refractivity (Wildman–Crippen MR) is 65.0 cm³/mol. The molecule has 84 valence electrons. The third-order valence-corrected chi connectivity index (χ3v) is 3.17. The molecule has 0 heterocycles. The van der Waals surface area contributed by atoms with Gasteiger partial charge < -0.3 is 0 Å². The quantitative estimate of drug-likeness (QED) is 0.838. The van der Waals surface area contributed by atoms with Crippen molar-refractivity contribution in [1.29, 1.82) is 5.26 Å². The number of benzene rings is 1. The Balaban J connectivity index is 2.14. The summed E-state index contributed by atoms with van der Waals surface area (Å²) in [5.74, 6) is 0.578. The molecule has 1 aliphatic carbocycles. The van der Waals surface area contributed by atoms with Crippen molar-refractivity contribution in [2.75, 3.05) is 6.54 Å². The van der Waals surface area contributed by atoms with Crippen molar-refractivity contribution in [2.45, 2.75) is 32.2 Å².